The molecule has 1 fully saturated rings. The number of ketones is 1. The minimum atomic E-state index is -0.874. The average molecular weight is 502 g/mol. The van der Waals surface area contributed by atoms with Gasteiger partial charge >= 0.3 is 0 Å². The fourth-order valence-corrected chi connectivity index (χ4v) is 4.47. The Hall–Kier alpha value is -3.93. The summed E-state index contributed by atoms with van der Waals surface area (Å²) in [6.07, 6.45) is 0.825. The van der Waals surface area contributed by atoms with Gasteiger partial charge in [-0.1, -0.05) is 58.0 Å². The number of amides is 1. The Bertz CT molecular complexity index is 1370. The lowest BCUT2D eigenvalue weighted by Crippen LogP contribution is -2.29. The van der Waals surface area contributed by atoms with Crippen LogP contribution in [-0.4, -0.2) is 23.4 Å². The first-order chi connectivity index (χ1) is 17.5. The summed E-state index contributed by atoms with van der Waals surface area (Å²) in [6.45, 7) is 10.4. The first kappa shape index (κ1) is 26.1. The van der Waals surface area contributed by atoms with E-state index in [9.17, 15) is 19.1 Å². The number of carbonyl (C=O) groups is 2. The molecule has 1 heterocycles. The summed E-state index contributed by atoms with van der Waals surface area (Å²) in [5.74, 6) is -1.73. The van der Waals surface area contributed by atoms with Crippen molar-refractivity contribution in [3.05, 3.63) is 100 Å². The molecule has 6 heteroatoms. The molecule has 0 aromatic heterocycles. The van der Waals surface area contributed by atoms with Crippen LogP contribution < -0.4 is 9.64 Å². The van der Waals surface area contributed by atoms with Crippen molar-refractivity contribution in [3.8, 4) is 5.75 Å². The van der Waals surface area contributed by atoms with Gasteiger partial charge in [0, 0.05) is 17.3 Å². The molecule has 1 atom stereocenters. The van der Waals surface area contributed by atoms with Gasteiger partial charge in [-0.05, 0) is 65.8 Å². The van der Waals surface area contributed by atoms with Gasteiger partial charge in [0.1, 0.15) is 17.3 Å². The molecule has 37 heavy (non-hydrogen) atoms. The number of carbonyl (C=O) groups excluding carboxylic acids is 2. The highest BCUT2D eigenvalue weighted by Crippen LogP contribution is 2.43. The molecular weight excluding hydrogens is 469 g/mol. The summed E-state index contributed by atoms with van der Waals surface area (Å²) >= 11 is 0. The van der Waals surface area contributed by atoms with E-state index in [-0.39, 0.29) is 22.3 Å². The van der Waals surface area contributed by atoms with E-state index in [2.05, 4.69) is 20.8 Å². The minimum absolute atomic E-state index is 0.0422. The van der Waals surface area contributed by atoms with Crippen molar-refractivity contribution in [1.29, 1.82) is 0 Å². The monoisotopic (exact) mass is 501 g/mol. The molecule has 0 spiro atoms. The summed E-state index contributed by atoms with van der Waals surface area (Å²) in [4.78, 5) is 28.2. The van der Waals surface area contributed by atoms with Crippen molar-refractivity contribution in [2.75, 3.05) is 11.5 Å². The molecule has 4 rings (SSSR count). The van der Waals surface area contributed by atoms with Crippen LogP contribution in [0.2, 0.25) is 0 Å². The van der Waals surface area contributed by atoms with Crippen molar-refractivity contribution in [2.24, 2.45) is 0 Å². The van der Waals surface area contributed by atoms with Gasteiger partial charge in [0.2, 0.25) is 0 Å². The summed E-state index contributed by atoms with van der Waals surface area (Å²) in [5, 5.41) is 11.3. The first-order valence-corrected chi connectivity index (χ1v) is 12.4. The summed E-state index contributed by atoms with van der Waals surface area (Å²) in [6, 6.07) is 18.0. The molecule has 0 aliphatic carbocycles. The zero-order valence-corrected chi connectivity index (χ0v) is 21.8. The number of halogens is 1. The number of aryl methyl sites for hydroxylation is 1. The van der Waals surface area contributed by atoms with Gasteiger partial charge in [-0.3, -0.25) is 14.5 Å². The zero-order chi connectivity index (χ0) is 26.9. The zero-order valence-electron chi connectivity index (χ0n) is 21.8. The molecule has 0 radical (unpaired) electrons. The Kier molecular flexibility index (Phi) is 7.21. The standard InChI is InChI=1S/C31H32FNO4/c1-6-16-37-24-9-7-8-23(18-24)33-27(20-10-13-22(14-11-20)31(3,4)5)26(29(35)30(33)36)28(34)21-12-15-25(32)19(2)17-21/h7-15,17-18,27,34H,6,16H2,1-5H3/b28-26+. The molecular formula is C31H32FNO4. The lowest BCUT2D eigenvalue weighted by Gasteiger charge is -2.27. The van der Waals surface area contributed by atoms with Gasteiger partial charge in [-0.2, -0.15) is 0 Å². The van der Waals surface area contributed by atoms with Gasteiger partial charge in [0.25, 0.3) is 11.7 Å². The highest BCUT2D eigenvalue weighted by molar-refractivity contribution is 6.51. The molecule has 0 saturated carbocycles. The number of hydrogen-bond acceptors (Lipinski definition) is 4. The molecule has 1 aliphatic rings. The fraction of sp³-hybridized carbons (Fsp3) is 0.290. The summed E-state index contributed by atoms with van der Waals surface area (Å²) in [7, 11) is 0. The largest absolute Gasteiger partial charge is 0.507 e. The second-order valence-electron chi connectivity index (χ2n) is 10.4. The Morgan fingerprint density at radius 1 is 1.03 bits per heavy atom. The third-order valence-corrected chi connectivity index (χ3v) is 6.54. The van der Waals surface area contributed by atoms with E-state index in [0.717, 1.165) is 12.0 Å². The molecule has 3 aromatic carbocycles. The maximum atomic E-state index is 13.9. The molecule has 1 saturated heterocycles. The number of aliphatic hydroxyl groups is 1. The molecule has 1 unspecified atom stereocenters. The number of Topliss-reactive ketones (excluding diaryl/α,β-unsaturated/α-hetero) is 1. The van der Waals surface area contributed by atoms with Crippen molar-refractivity contribution < 1.29 is 23.8 Å². The van der Waals surface area contributed by atoms with Crippen LogP contribution in [0.3, 0.4) is 0 Å². The third kappa shape index (κ3) is 5.15. The van der Waals surface area contributed by atoms with Crippen LogP contribution in [0.25, 0.3) is 5.76 Å². The van der Waals surface area contributed by atoms with Crippen molar-refractivity contribution in [2.45, 2.75) is 52.5 Å². The SMILES string of the molecule is CCCOc1cccc(N2C(=O)C(=O)/C(=C(/O)c3ccc(F)c(C)c3)C2c2ccc(C(C)(C)C)cc2)c1. The van der Waals surface area contributed by atoms with Crippen molar-refractivity contribution >= 4 is 23.1 Å². The van der Waals surface area contributed by atoms with Crippen LogP contribution in [0.15, 0.2) is 72.3 Å². The summed E-state index contributed by atoms with van der Waals surface area (Å²) in [5.41, 5.74) is 2.72. The van der Waals surface area contributed by atoms with E-state index in [4.69, 9.17) is 4.74 Å². The van der Waals surface area contributed by atoms with Crippen LogP contribution in [0.4, 0.5) is 10.1 Å². The first-order valence-electron chi connectivity index (χ1n) is 12.4. The van der Waals surface area contributed by atoms with Gasteiger partial charge in [0.05, 0.1) is 18.2 Å². The summed E-state index contributed by atoms with van der Waals surface area (Å²) < 4.78 is 19.7. The Balaban J connectivity index is 1.90. The molecule has 1 aliphatic heterocycles. The van der Waals surface area contributed by atoms with E-state index in [1.807, 2.05) is 31.2 Å². The lowest BCUT2D eigenvalue weighted by atomic mass is 9.85. The van der Waals surface area contributed by atoms with Crippen LogP contribution in [0.5, 0.6) is 5.75 Å². The molecule has 0 bridgehead atoms. The molecule has 1 N–H and O–H groups in total. The van der Waals surface area contributed by atoms with Gasteiger partial charge < -0.3 is 9.84 Å². The average Bonchev–Trinajstić information content (AvgIpc) is 3.14. The number of ether oxygens (including phenoxy) is 1. The molecule has 1 amide bonds. The second-order valence-corrected chi connectivity index (χ2v) is 10.4. The van der Waals surface area contributed by atoms with E-state index >= 15 is 0 Å². The normalized spacial score (nSPS) is 17.4. The Labute approximate surface area is 217 Å². The number of anilines is 1. The van der Waals surface area contributed by atoms with Gasteiger partial charge in [-0.25, -0.2) is 4.39 Å². The highest BCUT2D eigenvalue weighted by atomic mass is 19.1. The maximum absolute atomic E-state index is 13.9. The van der Waals surface area contributed by atoms with E-state index in [1.165, 1.54) is 23.1 Å². The van der Waals surface area contributed by atoms with Gasteiger partial charge in [-0.15, -0.1) is 0 Å². The molecule has 192 valence electrons. The fourth-order valence-electron chi connectivity index (χ4n) is 4.47. The number of aliphatic hydroxyl groups excluding tert-OH is 1. The van der Waals surface area contributed by atoms with Crippen LogP contribution in [0, 0.1) is 12.7 Å². The predicted octanol–water partition coefficient (Wildman–Crippen LogP) is 6.85. The molecule has 5 nitrogen and oxygen atoms in total. The lowest BCUT2D eigenvalue weighted by molar-refractivity contribution is -0.132. The topological polar surface area (TPSA) is 66.8 Å². The van der Waals surface area contributed by atoms with Crippen LogP contribution in [-0.2, 0) is 15.0 Å². The number of hydrogen-bond donors (Lipinski definition) is 1. The number of rotatable bonds is 6. The van der Waals surface area contributed by atoms with E-state index < -0.39 is 23.5 Å². The van der Waals surface area contributed by atoms with E-state index in [1.54, 1.807) is 31.2 Å². The molecule has 3 aromatic rings. The number of benzene rings is 3. The smallest absolute Gasteiger partial charge is 0.300 e. The second kappa shape index (κ2) is 10.2. The predicted molar refractivity (Wildman–Crippen MR) is 143 cm³/mol. The van der Waals surface area contributed by atoms with Crippen LogP contribution >= 0.6 is 0 Å². The van der Waals surface area contributed by atoms with Gasteiger partial charge in [0.15, 0.2) is 0 Å². The van der Waals surface area contributed by atoms with Crippen molar-refractivity contribution in [3.63, 3.8) is 0 Å². The number of nitrogens with zero attached hydrogens (tertiary/aromatic N) is 1. The Morgan fingerprint density at radius 2 is 1.73 bits per heavy atom. The quantitative estimate of drug-likeness (QED) is 0.228. The van der Waals surface area contributed by atoms with Crippen LogP contribution in [0.1, 0.15) is 62.4 Å². The third-order valence-electron chi connectivity index (χ3n) is 6.54. The maximum Gasteiger partial charge on any atom is 0.300 e. The Morgan fingerprint density at radius 3 is 2.35 bits per heavy atom. The minimum Gasteiger partial charge on any atom is -0.507 e. The van der Waals surface area contributed by atoms with E-state index in [0.29, 0.717) is 29.2 Å². The highest BCUT2D eigenvalue weighted by Gasteiger charge is 2.47. The van der Waals surface area contributed by atoms with Crippen molar-refractivity contribution in [1.82, 2.24) is 0 Å².